The number of rotatable bonds is 2. The number of benzene rings is 1. The van der Waals surface area contributed by atoms with Crippen molar-refractivity contribution in [1.29, 1.82) is 0 Å². The number of hydrogen-bond donors (Lipinski definition) is 1. The second-order valence-electron chi connectivity index (χ2n) is 2.66. The largest absolute Gasteiger partial charge is 0.508 e. The summed E-state index contributed by atoms with van der Waals surface area (Å²) in [6.45, 7) is 1.94. The van der Waals surface area contributed by atoms with E-state index < -0.39 is 0 Å². The summed E-state index contributed by atoms with van der Waals surface area (Å²) in [5, 5.41) is 9.23. The van der Waals surface area contributed by atoms with E-state index >= 15 is 0 Å². The number of aromatic hydroxyl groups is 1. The SMILES string of the molecule is Cc1cc(O)cc(C=CCCl)c1. The van der Waals surface area contributed by atoms with Crippen LogP contribution in [-0.2, 0) is 0 Å². The Hall–Kier alpha value is -0.950. The molecule has 0 radical (unpaired) electrons. The first-order valence-corrected chi connectivity index (χ1v) is 4.29. The molecule has 0 aromatic heterocycles. The van der Waals surface area contributed by atoms with Gasteiger partial charge in [-0.15, -0.1) is 11.6 Å². The molecule has 0 atom stereocenters. The molecule has 1 aromatic rings. The van der Waals surface area contributed by atoms with Crippen molar-refractivity contribution in [3.05, 3.63) is 35.4 Å². The quantitative estimate of drug-likeness (QED) is 0.698. The van der Waals surface area contributed by atoms with Crippen molar-refractivity contribution >= 4 is 17.7 Å². The predicted molar refractivity (Wildman–Crippen MR) is 52.6 cm³/mol. The minimum atomic E-state index is 0.296. The van der Waals surface area contributed by atoms with Gasteiger partial charge in [-0.2, -0.15) is 0 Å². The molecule has 0 aliphatic heterocycles. The van der Waals surface area contributed by atoms with E-state index in [4.69, 9.17) is 11.6 Å². The summed E-state index contributed by atoms with van der Waals surface area (Å²) in [5.41, 5.74) is 2.03. The van der Waals surface area contributed by atoms with Crippen molar-refractivity contribution in [3.8, 4) is 5.75 Å². The first-order valence-electron chi connectivity index (χ1n) is 3.75. The number of hydrogen-bond acceptors (Lipinski definition) is 1. The Balaban J connectivity index is 2.93. The van der Waals surface area contributed by atoms with Crippen LogP contribution in [0.2, 0.25) is 0 Å². The molecule has 64 valence electrons. The maximum atomic E-state index is 9.23. The molecule has 0 aliphatic carbocycles. The Bertz CT molecular complexity index is 272. The second-order valence-corrected chi connectivity index (χ2v) is 2.97. The third-order valence-electron chi connectivity index (χ3n) is 1.48. The second kappa shape index (κ2) is 4.17. The molecule has 0 saturated heterocycles. The molecular weight excluding hydrogens is 172 g/mol. The van der Waals surface area contributed by atoms with Crippen molar-refractivity contribution in [2.75, 3.05) is 5.88 Å². The van der Waals surface area contributed by atoms with E-state index in [-0.39, 0.29) is 0 Å². The summed E-state index contributed by atoms with van der Waals surface area (Å²) in [7, 11) is 0. The Morgan fingerprint density at radius 1 is 1.42 bits per heavy atom. The van der Waals surface area contributed by atoms with Gasteiger partial charge in [0.1, 0.15) is 5.75 Å². The van der Waals surface area contributed by atoms with Crippen LogP contribution in [0.1, 0.15) is 11.1 Å². The van der Waals surface area contributed by atoms with Crippen LogP contribution in [0.25, 0.3) is 6.08 Å². The number of phenolic OH excluding ortho intramolecular Hbond substituents is 1. The molecule has 0 fully saturated rings. The lowest BCUT2D eigenvalue weighted by Crippen LogP contribution is -1.76. The van der Waals surface area contributed by atoms with E-state index in [2.05, 4.69) is 0 Å². The van der Waals surface area contributed by atoms with E-state index in [9.17, 15) is 5.11 Å². The van der Waals surface area contributed by atoms with Gasteiger partial charge in [-0.05, 0) is 30.2 Å². The number of phenols is 1. The average molecular weight is 183 g/mol. The number of halogens is 1. The van der Waals surface area contributed by atoms with Crippen LogP contribution in [0.15, 0.2) is 24.3 Å². The van der Waals surface area contributed by atoms with Crippen LogP contribution in [0.3, 0.4) is 0 Å². The Kier molecular flexibility index (Phi) is 3.18. The fourth-order valence-corrected chi connectivity index (χ4v) is 1.16. The van der Waals surface area contributed by atoms with Crippen molar-refractivity contribution in [1.82, 2.24) is 0 Å². The van der Waals surface area contributed by atoms with Gasteiger partial charge in [-0.25, -0.2) is 0 Å². The van der Waals surface area contributed by atoms with Gasteiger partial charge in [-0.1, -0.05) is 18.2 Å². The summed E-state index contributed by atoms with van der Waals surface area (Å²) in [5.74, 6) is 0.790. The predicted octanol–water partition coefficient (Wildman–Crippen LogP) is 2.95. The molecule has 1 rings (SSSR count). The highest BCUT2D eigenvalue weighted by Gasteiger charge is 1.92. The lowest BCUT2D eigenvalue weighted by Gasteiger charge is -1.97. The topological polar surface area (TPSA) is 20.2 Å². The van der Waals surface area contributed by atoms with Crippen LogP contribution in [0.4, 0.5) is 0 Å². The number of allylic oxidation sites excluding steroid dienone is 1. The third-order valence-corrected chi connectivity index (χ3v) is 1.66. The fraction of sp³-hybridized carbons (Fsp3) is 0.200. The summed E-state index contributed by atoms with van der Waals surface area (Å²) >= 11 is 5.48. The summed E-state index contributed by atoms with van der Waals surface area (Å²) in [6.07, 6.45) is 3.73. The summed E-state index contributed by atoms with van der Waals surface area (Å²) in [6, 6.07) is 5.41. The van der Waals surface area contributed by atoms with Gasteiger partial charge in [0.2, 0.25) is 0 Å². The van der Waals surface area contributed by atoms with Gasteiger partial charge >= 0.3 is 0 Å². The molecular formula is C10H11ClO. The van der Waals surface area contributed by atoms with E-state index in [1.165, 1.54) is 0 Å². The minimum absolute atomic E-state index is 0.296. The lowest BCUT2D eigenvalue weighted by molar-refractivity contribution is 0.475. The van der Waals surface area contributed by atoms with Crippen LogP contribution in [0, 0.1) is 6.92 Å². The van der Waals surface area contributed by atoms with Gasteiger partial charge in [-0.3, -0.25) is 0 Å². The zero-order valence-electron chi connectivity index (χ0n) is 6.92. The first kappa shape index (κ1) is 9.14. The monoisotopic (exact) mass is 182 g/mol. The molecule has 1 N–H and O–H groups in total. The molecule has 0 heterocycles. The van der Waals surface area contributed by atoms with Gasteiger partial charge in [0, 0.05) is 5.88 Å². The summed E-state index contributed by atoms with van der Waals surface area (Å²) < 4.78 is 0. The third kappa shape index (κ3) is 2.59. The Morgan fingerprint density at radius 2 is 2.17 bits per heavy atom. The van der Waals surface area contributed by atoms with Gasteiger partial charge in [0.25, 0.3) is 0 Å². The molecule has 1 nitrogen and oxygen atoms in total. The zero-order chi connectivity index (χ0) is 8.97. The van der Waals surface area contributed by atoms with E-state index in [1.54, 1.807) is 12.1 Å². The van der Waals surface area contributed by atoms with Crippen LogP contribution >= 0.6 is 11.6 Å². The van der Waals surface area contributed by atoms with Crippen molar-refractivity contribution in [3.63, 3.8) is 0 Å². The highest BCUT2D eigenvalue weighted by molar-refractivity contribution is 6.19. The molecule has 1 aromatic carbocycles. The first-order chi connectivity index (χ1) is 5.72. The van der Waals surface area contributed by atoms with Crippen molar-refractivity contribution in [2.24, 2.45) is 0 Å². The van der Waals surface area contributed by atoms with Crippen LogP contribution in [-0.4, -0.2) is 11.0 Å². The average Bonchev–Trinajstić information content (AvgIpc) is 1.99. The normalized spacial score (nSPS) is 10.8. The van der Waals surface area contributed by atoms with Crippen molar-refractivity contribution < 1.29 is 5.11 Å². The molecule has 0 spiro atoms. The molecule has 0 saturated carbocycles. The molecule has 12 heavy (non-hydrogen) atoms. The Labute approximate surface area is 77.3 Å². The molecule has 0 bridgehead atoms. The smallest absolute Gasteiger partial charge is 0.116 e. The highest BCUT2D eigenvalue weighted by atomic mass is 35.5. The summed E-state index contributed by atoms with van der Waals surface area (Å²) in [4.78, 5) is 0. The number of alkyl halides is 1. The Morgan fingerprint density at radius 3 is 2.75 bits per heavy atom. The van der Waals surface area contributed by atoms with E-state index in [1.807, 2.05) is 25.1 Å². The standard InChI is InChI=1S/C10H11ClO/c1-8-5-9(3-2-4-11)7-10(12)6-8/h2-3,5-7,12H,4H2,1H3. The van der Waals surface area contributed by atoms with Gasteiger partial charge in [0.15, 0.2) is 0 Å². The molecule has 0 aliphatic rings. The maximum Gasteiger partial charge on any atom is 0.116 e. The highest BCUT2D eigenvalue weighted by Crippen LogP contribution is 2.15. The van der Waals surface area contributed by atoms with Crippen LogP contribution < -0.4 is 0 Å². The van der Waals surface area contributed by atoms with Crippen molar-refractivity contribution in [2.45, 2.75) is 6.92 Å². The van der Waals surface area contributed by atoms with Gasteiger partial charge in [0.05, 0.1) is 0 Å². The van der Waals surface area contributed by atoms with E-state index in [0.29, 0.717) is 11.6 Å². The van der Waals surface area contributed by atoms with Crippen LogP contribution in [0.5, 0.6) is 5.75 Å². The lowest BCUT2D eigenvalue weighted by atomic mass is 10.1. The molecule has 0 amide bonds. The molecule has 0 unspecified atom stereocenters. The zero-order valence-corrected chi connectivity index (χ0v) is 7.67. The minimum Gasteiger partial charge on any atom is -0.508 e. The maximum absolute atomic E-state index is 9.23. The van der Waals surface area contributed by atoms with E-state index in [0.717, 1.165) is 11.1 Å². The fourth-order valence-electron chi connectivity index (χ4n) is 1.07. The molecule has 2 heteroatoms. The number of aryl methyl sites for hydroxylation is 1. The van der Waals surface area contributed by atoms with Gasteiger partial charge < -0.3 is 5.11 Å².